The molecule has 0 radical (unpaired) electrons. The first-order valence-corrected chi connectivity index (χ1v) is 7.48. The van der Waals surface area contributed by atoms with E-state index in [9.17, 15) is 0 Å². The van der Waals surface area contributed by atoms with E-state index >= 15 is 0 Å². The highest BCUT2D eigenvalue weighted by atomic mass is 15.2. The van der Waals surface area contributed by atoms with Gasteiger partial charge in [-0.3, -0.25) is 4.90 Å². The molecule has 0 heterocycles. The molecule has 0 aromatic heterocycles. The molecule has 1 saturated carbocycles. The first-order chi connectivity index (χ1) is 8.06. The summed E-state index contributed by atoms with van der Waals surface area (Å²) in [6.45, 7) is 7.79. The largest absolute Gasteiger partial charge is 0.329 e. The molecule has 2 unspecified atom stereocenters. The van der Waals surface area contributed by atoms with Crippen LogP contribution in [0.15, 0.2) is 0 Å². The number of nitrogens with zero attached hydrogens (tertiary/aromatic N) is 1. The minimum Gasteiger partial charge on any atom is -0.329 e. The van der Waals surface area contributed by atoms with Gasteiger partial charge >= 0.3 is 0 Å². The maximum atomic E-state index is 6.03. The Morgan fingerprint density at radius 3 is 2.18 bits per heavy atom. The zero-order chi connectivity index (χ0) is 12.8. The van der Waals surface area contributed by atoms with Gasteiger partial charge in [0.1, 0.15) is 0 Å². The lowest BCUT2D eigenvalue weighted by molar-refractivity contribution is 0.103. The third kappa shape index (κ3) is 4.59. The summed E-state index contributed by atoms with van der Waals surface area (Å²) in [5, 5.41) is 0. The quantitative estimate of drug-likeness (QED) is 0.772. The zero-order valence-corrected chi connectivity index (χ0v) is 12.3. The van der Waals surface area contributed by atoms with Gasteiger partial charge in [-0.25, -0.2) is 0 Å². The number of nitrogens with two attached hydrogens (primary N) is 1. The minimum absolute atomic E-state index is 0.601. The van der Waals surface area contributed by atoms with Crippen LogP contribution in [-0.2, 0) is 0 Å². The monoisotopic (exact) mass is 240 g/mol. The maximum Gasteiger partial charge on any atom is 0.0246 e. The van der Waals surface area contributed by atoms with Crippen LogP contribution in [0.4, 0.5) is 0 Å². The molecule has 1 aliphatic carbocycles. The lowest BCUT2D eigenvalue weighted by Gasteiger charge is -2.39. The van der Waals surface area contributed by atoms with Crippen molar-refractivity contribution in [3.05, 3.63) is 0 Å². The predicted molar refractivity (Wildman–Crippen MR) is 76.1 cm³/mol. The molecule has 102 valence electrons. The molecule has 0 aliphatic heterocycles. The highest BCUT2D eigenvalue weighted by Crippen LogP contribution is 2.29. The molecule has 0 bridgehead atoms. The van der Waals surface area contributed by atoms with E-state index in [2.05, 4.69) is 32.7 Å². The highest BCUT2D eigenvalue weighted by Gasteiger charge is 2.28. The van der Waals surface area contributed by atoms with Gasteiger partial charge in [-0.1, -0.05) is 33.1 Å². The lowest BCUT2D eigenvalue weighted by atomic mass is 9.82. The molecule has 2 atom stereocenters. The molecular weight excluding hydrogens is 208 g/mol. The Hall–Kier alpha value is -0.0800. The summed E-state index contributed by atoms with van der Waals surface area (Å²) >= 11 is 0. The van der Waals surface area contributed by atoms with E-state index in [4.69, 9.17) is 5.73 Å². The van der Waals surface area contributed by atoms with Gasteiger partial charge in [0.05, 0.1) is 0 Å². The third-order valence-corrected chi connectivity index (χ3v) is 4.47. The van der Waals surface area contributed by atoms with Gasteiger partial charge in [0.15, 0.2) is 0 Å². The van der Waals surface area contributed by atoms with Crippen LogP contribution in [0.1, 0.15) is 59.3 Å². The smallest absolute Gasteiger partial charge is 0.0246 e. The van der Waals surface area contributed by atoms with E-state index in [0.717, 1.165) is 18.4 Å². The molecule has 2 heteroatoms. The van der Waals surface area contributed by atoms with Crippen LogP contribution >= 0.6 is 0 Å². The van der Waals surface area contributed by atoms with Crippen LogP contribution in [0.25, 0.3) is 0 Å². The average molecular weight is 240 g/mol. The fourth-order valence-electron chi connectivity index (χ4n) is 3.39. The van der Waals surface area contributed by atoms with Gasteiger partial charge in [-0.05, 0) is 45.1 Å². The van der Waals surface area contributed by atoms with Gasteiger partial charge in [0, 0.05) is 18.6 Å². The summed E-state index contributed by atoms with van der Waals surface area (Å²) < 4.78 is 0. The Morgan fingerprint density at radius 1 is 1.12 bits per heavy atom. The highest BCUT2D eigenvalue weighted by molar-refractivity contribution is 4.83. The van der Waals surface area contributed by atoms with E-state index in [1.54, 1.807) is 0 Å². The normalized spacial score (nSPS) is 22.1. The van der Waals surface area contributed by atoms with Gasteiger partial charge in [0.2, 0.25) is 0 Å². The molecule has 17 heavy (non-hydrogen) atoms. The summed E-state index contributed by atoms with van der Waals surface area (Å²) in [5.74, 6) is 1.62. The van der Waals surface area contributed by atoms with E-state index in [1.165, 1.54) is 38.5 Å². The first-order valence-electron chi connectivity index (χ1n) is 7.48. The van der Waals surface area contributed by atoms with Crippen LogP contribution in [0.2, 0.25) is 0 Å². The SMILES string of the molecule is CC(C)CC(C)N(C)C(CN)C1CCCCC1. The fourth-order valence-corrected chi connectivity index (χ4v) is 3.39. The van der Waals surface area contributed by atoms with Crippen molar-refractivity contribution >= 4 is 0 Å². The Labute approximate surface area is 108 Å². The van der Waals surface area contributed by atoms with Gasteiger partial charge in [-0.15, -0.1) is 0 Å². The molecule has 2 N–H and O–H groups in total. The Balaban J connectivity index is 2.52. The van der Waals surface area contributed by atoms with Crippen molar-refractivity contribution in [1.29, 1.82) is 0 Å². The second-order valence-corrected chi connectivity index (χ2v) is 6.35. The summed E-state index contributed by atoms with van der Waals surface area (Å²) in [7, 11) is 2.28. The summed E-state index contributed by atoms with van der Waals surface area (Å²) in [4.78, 5) is 2.55. The zero-order valence-electron chi connectivity index (χ0n) is 12.3. The number of hydrogen-bond donors (Lipinski definition) is 1. The maximum absolute atomic E-state index is 6.03. The van der Waals surface area contributed by atoms with E-state index < -0.39 is 0 Å². The Kier molecular flexibility index (Phi) is 6.50. The lowest BCUT2D eigenvalue weighted by Crippen LogP contribution is -2.48. The third-order valence-electron chi connectivity index (χ3n) is 4.47. The van der Waals surface area contributed by atoms with Crippen LogP contribution in [0.5, 0.6) is 0 Å². The summed E-state index contributed by atoms with van der Waals surface area (Å²) in [6, 6.07) is 1.26. The molecule has 0 saturated heterocycles. The van der Waals surface area contributed by atoms with Crippen LogP contribution in [0.3, 0.4) is 0 Å². The molecule has 0 aromatic carbocycles. The second kappa shape index (κ2) is 7.38. The van der Waals surface area contributed by atoms with Crippen molar-refractivity contribution < 1.29 is 0 Å². The molecular formula is C15H32N2. The first kappa shape index (κ1) is 15.0. The standard InChI is InChI=1S/C15H32N2/c1-12(2)10-13(3)17(4)15(11-16)14-8-6-5-7-9-14/h12-15H,5-11,16H2,1-4H3. The summed E-state index contributed by atoms with van der Waals surface area (Å²) in [5.41, 5.74) is 6.03. The van der Waals surface area contributed by atoms with E-state index in [-0.39, 0.29) is 0 Å². The molecule has 1 fully saturated rings. The van der Waals surface area contributed by atoms with E-state index in [1.807, 2.05) is 0 Å². The van der Waals surface area contributed by atoms with Crippen molar-refractivity contribution in [2.24, 2.45) is 17.6 Å². The van der Waals surface area contributed by atoms with Crippen LogP contribution < -0.4 is 5.73 Å². The summed E-state index contributed by atoms with van der Waals surface area (Å²) in [6.07, 6.45) is 8.31. The van der Waals surface area contributed by atoms with Gasteiger partial charge in [0.25, 0.3) is 0 Å². The number of likely N-dealkylation sites (N-methyl/N-ethyl adjacent to an activating group) is 1. The van der Waals surface area contributed by atoms with E-state index in [0.29, 0.717) is 12.1 Å². The van der Waals surface area contributed by atoms with Crippen molar-refractivity contribution in [2.75, 3.05) is 13.6 Å². The van der Waals surface area contributed by atoms with Crippen molar-refractivity contribution in [3.8, 4) is 0 Å². The Morgan fingerprint density at radius 2 is 1.71 bits per heavy atom. The van der Waals surface area contributed by atoms with Crippen molar-refractivity contribution in [2.45, 2.75) is 71.4 Å². The average Bonchev–Trinajstić information content (AvgIpc) is 2.30. The molecule has 0 aromatic rings. The van der Waals surface area contributed by atoms with Crippen LogP contribution in [-0.4, -0.2) is 30.6 Å². The molecule has 2 nitrogen and oxygen atoms in total. The predicted octanol–water partition coefficient (Wildman–Crippen LogP) is 3.26. The minimum atomic E-state index is 0.601. The second-order valence-electron chi connectivity index (χ2n) is 6.35. The molecule has 1 aliphatic rings. The topological polar surface area (TPSA) is 29.3 Å². The van der Waals surface area contributed by atoms with Gasteiger partial charge in [-0.2, -0.15) is 0 Å². The molecule has 1 rings (SSSR count). The molecule has 0 amide bonds. The Bertz CT molecular complexity index is 197. The van der Waals surface area contributed by atoms with Gasteiger partial charge < -0.3 is 5.73 Å². The molecule has 0 spiro atoms. The fraction of sp³-hybridized carbons (Fsp3) is 1.00. The number of rotatable bonds is 6. The van der Waals surface area contributed by atoms with Crippen molar-refractivity contribution in [1.82, 2.24) is 4.90 Å². The number of hydrogen-bond acceptors (Lipinski definition) is 2. The van der Waals surface area contributed by atoms with Crippen molar-refractivity contribution in [3.63, 3.8) is 0 Å². The van der Waals surface area contributed by atoms with Crippen LogP contribution in [0, 0.1) is 11.8 Å².